The van der Waals surface area contributed by atoms with Crippen molar-refractivity contribution in [2.75, 3.05) is 14.2 Å². The Labute approximate surface area is 157 Å². The molecule has 0 atom stereocenters. The van der Waals surface area contributed by atoms with Crippen molar-refractivity contribution in [2.24, 2.45) is 4.99 Å². The maximum Gasteiger partial charge on any atom is 0.387 e. The normalized spacial score (nSPS) is 11.5. The van der Waals surface area contributed by atoms with E-state index in [0.29, 0.717) is 23.8 Å². The number of nitrogens with one attached hydrogen (secondary N) is 2. The molecule has 0 amide bonds. The number of halogens is 3. The van der Waals surface area contributed by atoms with Gasteiger partial charge in [0.1, 0.15) is 11.5 Å². The summed E-state index contributed by atoms with van der Waals surface area (Å²) < 4.78 is 35.8. The zero-order valence-corrected chi connectivity index (χ0v) is 16.1. The van der Waals surface area contributed by atoms with E-state index in [4.69, 9.17) is 4.74 Å². The van der Waals surface area contributed by atoms with Gasteiger partial charge < -0.3 is 20.1 Å². The van der Waals surface area contributed by atoms with E-state index in [1.54, 1.807) is 30.5 Å². The van der Waals surface area contributed by atoms with Gasteiger partial charge in [-0.2, -0.15) is 8.78 Å². The number of aliphatic imine (C=N–C) groups is 1. The largest absolute Gasteiger partial charge is 0.497 e. The summed E-state index contributed by atoms with van der Waals surface area (Å²) >= 11 is 5.04. The molecule has 1 heterocycles. The van der Waals surface area contributed by atoms with Gasteiger partial charge in [-0.15, -0.1) is 11.3 Å². The van der Waals surface area contributed by atoms with Gasteiger partial charge in [-0.1, -0.05) is 0 Å². The monoisotopic (exact) mass is 433 g/mol. The van der Waals surface area contributed by atoms with E-state index >= 15 is 0 Å². The fraction of sp³-hybridized carbons (Fsp3) is 0.312. The number of thiophene rings is 1. The van der Waals surface area contributed by atoms with E-state index in [9.17, 15) is 8.78 Å². The van der Waals surface area contributed by atoms with Crippen LogP contribution in [0.3, 0.4) is 0 Å². The standard InChI is InChI=1S/C16H18BrF2N3O2S/c1-20-16(22-9-12-4-6-14(17)25-12)21-8-10-7-11(23-2)3-5-13(10)24-15(18)19/h3-7,15H,8-9H2,1-2H3,(H2,20,21,22). The van der Waals surface area contributed by atoms with Crippen LogP contribution >= 0.6 is 27.3 Å². The van der Waals surface area contributed by atoms with Crippen LogP contribution in [-0.2, 0) is 13.1 Å². The molecular weight excluding hydrogens is 416 g/mol. The Morgan fingerprint density at radius 1 is 1.24 bits per heavy atom. The number of benzene rings is 1. The molecule has 0 fully saturated rings. The second-order valence-electron chi connectivity index (χ2n) is 4.84. The number of nitrogens with zero attached hydrogens (tertiary/aromatic N) is 1. The van der Waals surface area contributed by atoms with Crippen molar-refractivity contribution < 1.29 is 18.3 Å². The molecule has 5 nitrogen and oxygen atoms in total. The Hall–Kier alpha value is -1.87. The van der Waals surface area contributed by atoms with Gasteiger partial charge in [-0.25, -0.2) is 0 Å². The molecule has 0 aliphatic rings. The minimum Gasteiger partial charge on any atom is -0.497 e. The highest BCUT2D eigenvalue weighted by atomic mass is 79.9. The number of hydrogen-bond acceptors (Lipinski definition) is 4. The maximum atomic E-state index is 12.5. The first-order chi connectivity index (χ1) is 12.0. The molecule has 0 unspecified atom stereocenters. The number of rotatable bonds is 7. The van der Waals surface area contributed by atoms with E-state index in [1.165, 1.54) is 13.2 Å². The third-order valence-electron chi connectivity index (χ3n) is 3.21. The van der Waals surface area contributed by atoms with Crippen molar-refractivity contribution in [3.63, 3.8) is 0 Å². The van der Waals surface area contributed by atoms with Crippen LogP contribution in [-0.4, -0.2) is 26.7 Å². The van der Waals surface area contributed by atoms with Crippen molar-refractivity contribution in [2.45, 2.75) is 19.7 Å². The van der Waals surface area contributed by atoms with Crippen molar-refractivity contribution in [3.05, 3.63) is 44.6 Å². The predicted octanol–water partition coefficient (Wildman–Crippen LogP) is 3.99. The van der Waals surface area contributed by atoms with Gasteiger partial charge >= 0.3 is 6.61 Å². The molecule has 1 aromatic heterocycles. The minimum absolute atomic E-state index is 0.0981. The molecular formula is C16H18BrF2N3O2S. The molecule has 0 aliphatic carbocycles. The molecule has 136 valence electrons. The summed E-state index contributed by atoms with van der Waals surface area (Å²) in [5, 5.41) is 6.25. The molecule has 0 aliphatic heterocycles. The van der Waals surface area contributed by atoms with Crippen LogP contribution in [0.2, 0.25) is 0 Å². The van der Waals surface area contributed by atoms with Crippen LogP contribution in [0.25, 0.3) is 0 Å². The zero-order valence-electron chi connectivity index (χ0n) is 13.7. The van der Waals surface area contributed by atoms with Gasteiger partial charge in [0.25, 0.3) is 0 Å². The summed E-state index contributed by atoms with van der Waals surface area (Å²) in [5.74, 6) is 1.21. The Balaban J connectivity index is 1.99. The average molecular weight is 434 g/mol. The summed E-state index contributed by atoms with van der Waals surface area (Å²) in [6.45, 7) is -2.02. The quantitative estimate of drug-likeness (QED) is 0.511. The molecule has 2 rings (SSSR count). The molecule has 1 aromatic carbocycles. The zero-order chi connectivity index (χ0) is 18.2. The van der Waals surface area contributed by atoms with Gasteiger partial charge in [0.15, 0.2) is 5.96 Å². The lowest BCUT2D eigenvalue weighted by molar-refractivity contribution is -0.0504. The first-order valence-electron chi connectivity index (χ1n) is 7.32. The highest BCUT2D eigenvalue weighted by Gasteiger charge is 2.11. The molecule has 2 aromatic rings. The third kappa shape index (κ3) is 6.17. The lowest BCUT2D eigenvalue weighted by atomic mass is 10.2. The number of methoxy groups -OCH3 is 1. The van der Waals surface area contributed by atoms with Crippen molar-refractivity contribution in [1.29, 1.82) is 0 Å². The SMILES string of the molecule is CN=C(NCc1ccc(Br)s1)NCc1cc(OC)ccc1OC(F)F. The third-order valence-corrected chi connectivity index (χ3v) is 4.84. The molecule has 0 saturated carbocycles. The van der Waals surface area contributed by atoms with E-state index in [-0.39, 0.29) is 12.3 Å². The minimum atomic E-state index is -2.89. The molecule has 0 radical (unpaired) electrons. The van der Waals surface area contributed by atoms with Gasteiger partial charge in [-0.05, 0) is 46.3 Å². The molecule has 0 saturated heterocycles. The fourth-order valence-electron chi connectivity index (χ4n) is 2.05. The van der Waals surface area contributed by atoms with Crippen molar-refractivity contribution >= 4 is 33.2 Å². The second-order valence-corrected chi connectivity index (χ2v) is 7.38. The first kappa shape index (κ1) is 19.5. The number of hydrogen-bond donors (Lipinski definition) is 2. The van der Waals surface area contributed by atoms with Crippen LogP contribution in [0.5, 0.6) is 11.5 Å². The summed E-state index contributed by atoms with van der Waals surface area (Å²) in [7, 11) is 3.15. The second kappa shape index (κ2) is 9.57. The number of alkyl halides is 2. The van der Waals surface area contributed by atoms with Crippen LogP contribution in [0.4, 0.5) is 8.78 Å². The topological polar surface area (TPSA) is 54.9 Å². The highest BCUT2D eigenvalue weighted by Crippen LogP contribution is 2.25. The van der Waals surface area contributed by atoms with Crippen LogP contribution in [0.1, 0.15) is 10.4 Å². The average Bonchev–Trinajstić information content (AvgIpc) is 3.01. The predicted molar refractivity (Wildman–Crippen MR) is 98.7 cm³/mol. The lowest BCUT2D eigenvalue weighted by Crippen LogP contribution is -2.36. The fourth-order valence-corrected chi connectivity index (χ4v) is 3.47. The molecule has 0 spiro atoms. The number of guanidine groups is 1. The Kier molecular flexibility index (Phi) is 7.45. The molecule has 9 heteroatoms. The van der Waals surface area contributed by atoms with E-state index in [0.717, 1.165) is 8.66 Å². The summed E-state index contributed by atoms with van der Waals surface area (Å²) in [4.78, 5) is 5.26. The summed E-state index contributed by atoms with van der Waals surface area (Å²) in [6, 6.07) is 8.66. The van der Waals surface area contributed by atoms with Gasteiger partial charge in [0.2, 0.25) is 0 Å². The lowest BCUT2D eigenvalue weighted by Gasteiger charge is -2.15. The summed E-state index contributed by atoms with van der Waals surface area (Å²) in [6.07, 6.45) is 0. The Bertz CT molecular complexity index is 725. The van der Waals surface area contributed by atoms with Crippen molar-refractivity contribution in [1.82, 2.24) is 10.6 Å². The highest BCUT2D eigenvalue weighted by molar-refractivity contribution is 9.11. The number of ether oxygens (including phenoxy) is 2. The van der Waals surface area contributed by atoms with Crippen LogP contribution in [0, 0.1) is 0 Å². The van der Waals surface area contributed by atoms with E-state index in [1.807, 2.05) is 12.1 Å². The Morgan fingerprint density at radius 2 is 2.00 bits per heavy atom. The molecule has 2 N–H and O–H groups in total. The van der Waals surface area contributed by atoms with Gasteiger partial charge in [0, 0.05) is 24.0 Å². The maximum absolute atomic E-state index is 12.5. The summed E-state index contributed by atoms with van der Waals surface area (Å²) in [5.41, 5.74) is 0.543. The van der Waals surface area contributed by atoms with Gasteiger partial charge in [-0.3, -0.25) is 4.99 Å². The van der Waals surface area contributed by atoms with Crippen LogP contribution < -0.4 is 20.1 Å². The van der Waals surface area contributed by atoms with Gasteiger partial charge in [0.05, 0.1) is 17.4 Å². The Morgan fingerprint density at radius 3 is 2.60 bits per heavy atom. The van der Waals surface area contributed by atoms with Crippen molar-refractivity contribution in [3.8, 4) is 11.5 Å². The van der Waals surface area contributed by atoms with E-state index in [2.05, 4.69) is 36.3 Å². The molecule has 0 bridgehead atoms. The first-order valence-corrected chi connectivity index (χ1v) is 8.93. The van der Waals surface area contributed by atoms with Crippen LogP contribution in [0.15, 0.2) is 39.1 Å². The molecule has 25 heavy (non-hydrogen) atoms. The van der Waals surface area contributed by atoms with E-state index < -0.39 is 6.61 Å². The smallest absolute Gasteiger partial charge is 0.387 e.